The number of aryl methyl sites for hydroxylation is 1. The van der Waals surface area contributed by atoms with E-state index >= 15 is 0 Å². The van der Waals surface area contributed by atoms with Gasteiger partial charge in [-0.05, 0) is 25.3 Å². The molecule has 0 radical (unpaired) electrons. The third-order valence-electron chi connectivity index (χ3n) is 2.28. The van der Waals surface area contributed by atoms with Crippen LogP contribution in [-0.4, -0.2) is 0 Å². The van der Waals surface area contributed by atoms with Crippen molar-refractivity contribution in [2.45, 2.75) is 33.2 Å². The Morgan fingerprint density at radius 1 is 1.33 bits per heavy atom. The Balaban J connectivity index is 0.00000196. The van der Waals surface area contributed by atoms with Gasteiger partial charge in [0, 0.05) is 11.6 Å². The molecule has 0 amide bonds. The van der Waals surface area contributed by atoms with E-state index in [9.17, 15) is 4.39 Å². The Morgan fingerprint density at radius 2 is 1.93 bits per heavy atom. The number of nitrogens with two attached hydrogens (primary N) is 1. The monoisotopic (exact) mass is 231 g/mol. The van der Waals surface area contributed by atoms with Crippen molar-refractivity contribution in [2.24, 2.45) is 11.7 Å². The first-order chi connectivity index (χ1) is 6.50. The van der Waals surface area contributed by atoms with E-state index in [4.69, 9.17) is 5.73 Å². The van der Waals surface area contributed by atoms with Crippen LogP contribution in [0.25, 0.3) is 0 Å². The number of halogens is 2. The summed E-state index contributed by atoms with van der Waals surface area (Å²) >= 11 is 0. The van der Waals surface area contributed by atoms with Gasteiger partial charge in [0.25, 0.3) is 0 Å². The predicted molar refractivity (Wildman–Crippen MR) is 64.8 cm³/mol. The fourth-order valence-corrected chi connectivity index (χ4v) is 1.58. The van der Waals surface area contributed by atoms with Crippen LogP contribution >= 0.6 is 12.4 Å². The topological polar surface area (TPSA) is 26.0 Å². The molecular weight excluding hydrogens is 213 g/mol. The molecular formula is C12H19ClFN. The standard InChI is InChI=1S/C12H18FN.ClH/c1-8(2)6-12(14)10-7-9(3)4-5-11(10)13;/h4-5,7-8,12H,6,14H2,1-3H3;1H/t12-;/m1./s1. The lowest BCUT2D eigenvalue weighted by atomic mass is 9.96. The minimum atomic E-state index is -0.191. The Kier molecular flexibility index (Phi) is 5.84. The molecule has 0 heterocycles. The molecule has 0 aromatic heterocycles. The van der Waals surface area contributed by atoms with Gasteiger partial charge in [0.2, 0.25) is 0 Å². The van der Waals surface area contributed by atoms with Gasteiger partial charge in [0.1, 0.15) is 5.82 Å². The first-order valence-corrected chi connectivity index (χ1v) is 5.02. The van der Waals surface area contributed by atoms with Crippen LogP contribution < -0.4 is 5.73 Å². The maximum atomic E-state index is 13.4. The SMILES string of the molecule is Cc1ccc(F)c([C@H](N)CC(C)C)c1.Cl. The van der Waals surface area contributed by atoms with Gasteiger partial charge in [-0.1, -0.05) is 31.5 Å². The Labute approximate surface area is 97.3 Å². The molecule has 2 N–H and O–H groups in total. The van der Waals surface area contributed by atoms with Gasteiger partial charge in [0.15, 0.2) is 0 Å². The summed E-state index contributed by atoms with van der Waals surface area (Å²) in [4.78, 5) is 0. The second kappa shape index (κ2) is 6.09. The van der Waals surface area contributed by atoms with Gasteiger partial charge in [-0.2, -0.15) is 0 Å². The second-order valence-corrected chi connectivity index (χ2v) is 4.26. The molecule has 0 fully saturated rings. The molecule has 0 saturated heterocycles. The molecule has 86 valence electrons. The Bertz CT molecular complexity index is 312. The van der Waals surface area contributed by atoms with Crippen molar-refractivity contribution in [2.75, 3.05) is 0 Å². The molecule has 1 rings (SSSR count). The summed E-state index contributed by atoms with van der Waals surface area (Å²) in [5.74, 6) is 0.300. The minimum Gasteiger partial charge on any atom is -0.324 e. The highest BCUT2D eigenvalue weighted by molar-refractivity contribution is 5.85. The van der Waals surface area contributed by atoms with E-state index in [0.717, 1.165) is 12.0 Å². The van der Waals surface area contributed by atoms with Crippen LogP contribution in [-0.2, 0) is 0 Å². The smallest absolute Gasteiger partial charge is 0.127 e. The molecule has 0 aliphatic carbocycles. The van der Waals surface area contributed by atoms with Crippen molar-refractivity contribution in [3.63, 3.8) is 0 Å². The lowest BCUT2D eigenvalue weighted by Crippen LogP contribution is -2.14. The third-order valence-corrected chi connectivity index (χ3v) is 2.28. The summed E-state index contributed by atoms with van der Waals surface area (Å²) in [6.45, 7) is 6.13. The Hall–Kier alpha value is -0.600. The van der Waals surface area contributed by atoms with E-state index in [-0.39, 0.29) is 24.3 Å². The fourth-order valence-electron chi connectivity index (χ4n) is 1.58. The molecule has 1 aromatic rings. The van der Waals surface area contributed by atoms with Crippen LogP contribution in [0.15, 0.2) is 18.2 Å². The zero-order valence-corrected chi connectivity index (χ0v) is 10.3. The summed E-state index contributed by atoms with van der Waals surface area (Å²) < 4.78 is 13.4. The fraction of sp³-hybridized carbons (Fsp3) is 0.500. The van der Waals surface area contributed by atoms with Gasteiger partial charge in [-0.3, -0.25) is 0 Å². The van der Waals surface area contributed by atoms with Gasteiger partial charge in [0.05, 0.1) is 0 Å². The second-order valence-electron chi connectivity index (χ2n) is 4.26. The van der Waals surface area contributed by atoms with Crippen molar-refractivity contribution in [1.29, 1.82) is 0 Å². The summed E-state index contributed by atoms with van der Waals surface area (Å²) in [5.41, 5.74) is 7.62. The molecule has 3 heteroatoms. The van der Waals surface area contributed by atoms with Crippen LogP contribution in [0.5, 0.6) is 0 Å². The number of hydrogen-bond donors (Lipinski definition) is 1. The molecule has 0 saturated carbocycles. The van der Waals surface area contributed by atoms with Gasteiger partial charge in [-0.15, -0.1) is 12.4 Å². The lowest BCUT2D eigenvalue weighted by Gasteiger charge is -2.15. The summed E-state index contributed by atoms with van der Waals surface area (Å²) in [6, 6.07) is 4.91. The molecule has 0 unspecified atom stereocenters. The van der Waals surface area contributed by atoms with Crippen LogP contribution in [0.3, 0.4) is 0 Å². The van der Waals surface area contributed by atoms with Crippen molar-refractivity contribution in [1.82, 2.24) is 0 Å². The van der Waals surface area contributed by atoms with E-state index in [1.54, 1.807) is 6.07 Å². The molecule has 0 spiro atoms. The highest BCUT2D eigenvalue weighted by atomic mass is 35.5. The maximum absolute atomic E-state index is 13.4. The molecule has 1 atom stereocenters. The highest BCUT2D eigenvalue weighted by Crippen LogP contribution is 2.22. The molecule has 1 nitrogen and oxygen atoms in total. The van der Waals surface area contributed by atoms with Crippen molar-refractivity contribution >= 4 is 12.4 Å². The first-order valence-electron chi connectivity index (χ1n) is 5.02. The van der Waals surface area contributed by atoms with Gasteiger partial charge in [-0.25, -0.2) is 4.39 Å². The number of benzene rings is 1. The Morgan fingerprint density at radius 3 is 2.47 bits per heavy atom. The van der Waals surface area contributed by atoms with E-state index in [2.05, 4.69) is 13.8 Å². The van der Waals surface area contributed by atoms with Crippen LogP contribution in [0.1, 0.15) is 37.4 Å². The molecule has 0 aliphatic heterocycles. The van der Waals surface area contributed by atoms with Crippen molar-refractivity contribution in [3.8, 4) is 0 Å². The van der Waals surface area contributed by atoms with Gasteiger partial charge < -0.3 is 5.73 Å². The molecule has 15 heavy (non-hydrogen) atoms. The van der Waals surface area contributed by atoms with E-state index in [1.165, 1.54) is 6.07 Å². The summed E-state index contributed by atoms with van der Waals surface area (Å²) in [7, 11) is 0. The average molecular weight is 232 g/mol. The van der Waals surface area contributed by atoms with Crippen molar-refractivity contribution in [3.05, 3.63) is 35.1 Å². The quantitative estimate of drug-likeness (QED) is 0.845. The van der Waals surface area contributed by atoms with E-state index < -0.39 is 0 Å². The van der Waals surface area contributed by atoms with E-state index in [1.807, 2.05) is 13.0 Å². The third kappa shape index (κ3) is 4.18. The van der Waals surface area contributed by atoms with Crippen LogP contribution in [0.2, 0.25) is 0 Å². The first kappa shape index (κ1) is 14.4. The average Bonchev–Trinajstić information content (AvgIpc) is 2.08. The van der Waals surface area contributed by atoms with Crippen LogP contribution in [0, 0.1) is 18.7 Å². The molecule has 0 bridgehead atoms. The molecule has 1 aromatic carbocycles. The van der Waals surface area contributed by atoms with Crippen molar-refractivity contribution < 1.29 is 4.39 Å². The zero-order valence-electron chi connectivity index (χ0n) is 9.46. The summed E-state index contributed by atoms with van der Waals surface area (Å²) in [6.07, 6.45) is 0.820. The molecule has 0 aliphatic rings. The lowest BCUT2D eigenvalue weighted by molar-refractivity contribution is 0.488. The highest BCUT2D eigenvalue weighted by Gasteiger charge is 2.12. The summed E-state index contributed by atoms with van der Waals surface area (Å²) in [5, 5.41) is 0. The van der Waals surface area contributed by atoms with Gasteiger partial charge >= 0.3 is 0 Å². The minimum absolute atomic E-state index is 0. The predicted octanol–water partition coefficient (Wildman–Crippen LogP) is 3.60. The zero-order chi connectivity index (χ0) is 10.7. The maximum Gasteiger partial charge on any atom is 0.127 e. The largest absolute Gasteiger partial charge is 0.324 e. The van der Waals surface area contributed by atoms with Crippen LogP contribution in [0.4, 0.5) is 4.39 Å². The van der Waals surface area contributed by atoms with E-state index in [0.29, 0.717) is 11.5 Å². The number of rotatable bonds is 3. The normalized spacial score (nSPS) is 12.4. The number of hydrogen-bond acceptors (Lipinski definition) is 1.